The third-order valence-electron chi connectivity index (χ3n) is 3.59. The molecule has 0 aliphatic rings. The quantitative estimate of drug-likeness (QED) is 0.313. The van der Waals surface area contributed by atoms with E-state index >= 15 is 0 Å². The first-order valence-electron chi connectivity index (χ1n) is 7.03. The molecule has 6 heteroatoms. The van der Waals surface area contributed by atoms with Gasteiger partial charge in [-0.3, -0.25) is 0 Å². The Kier molecular flexibility index (Phi) is 3.99. The van der Waals surface area contributed by atoms with Crippen LogP contribution in [0, 0.1) is 0 Å². The summed E-state index contributed by atoms with van der Waals surface area (Å²) in [5.41, 5.74) is 11.5. The number of para-hydroxylation sites is 1. The van der Waals surface area contributed by atoms with Gasteiger partial charge in [0.15, 0.2) is 0 Å². The average molecular weight is 306 g/mol. The zero-order valence-electron chi connectivity index (χ0n) is 12.5. The molecule has 23 heavy (non-hydrogen) atoms. The predicted octanol–water partition coefficient (Wildman–Crippen LogP) is 4.23. The van der Waals surface area contributed by atoms with Crippen molar-refractivity contribution in [2.45, 2.75) is 6.54 Å². The first kappa shape index (κ1) is 14.7. The van der Waals surface area contributed by atoms with Crippen molar-refractivity contribution < 1.29 is 9.53 Å². The van der Waals surface area contributed by atoms with Crippen LogP contribution >= 0.6 is 0 Å². The largest absolute Gasteiger partial charge is 0.464 e. The third kappa shape index (κ3) is 2.75. The van der Waals surface area contributed by atoms with Gasteiger partial charge in [-0.05, 0) is 41.4 Å². The summed E-state index contributed by atoms with van der Waals surface area (Å²) in [6, 6.07) is 17.1. The molecule has 0 N–H and O–H groups in total. The Morgan fingerprint density at radius 1 is 1.22 bits per heavy atom. The van der Waals surface area contributed by atoms with Crippen LogP contribution in [0.15, 0.2) is 59.7 Å². The molecule has 0 aliphatic heterocycles. The van der Waals surface area contributed by atoms with Crippen molar-refractivity contribution in [2.75, 3.05) is 7.11 Å². The molecular weight excluding hydrogens is 292 g/mol. The molecular formula is C17H14N4O2. The van der Waals surface area contributed by atoms with Gasteiger partial charge < -0.3 is 9.30 Å². The van der Waals surface area contributed by atoms with Gasteiger partial charge in [-0.1, -0.05) is 29.4 Å². The second-order valence-electron chi connectivity index (χ2n) is 4.97. The Morgan fingerprint density at radius 3 is 2.70 bits per heavy atom. The van der Waals surface area contributed by atoms with E-state index in [-0.39, 0.29) is 6.54 Å². The number of nitrogens with zero attached hydrogens (tertiary/aromatic N) is 4. The smallest absolute Gasteiger partial charge is 0.355 e. The lowest BCUT2D eigenvalue weighted by molar-refractivity contribution is 0.0592. The molecule has 3 rings (SSSR count). The van der Waals surface area contributed by atoms with Crippen molar-refractivity contribution >= 4 is 16.9 Å². The molecule has 0 aliphatic carbocycles. The maximum absolute atomic E-state index is 12.1. The van der Waals surface area contributed by atoms with E-state index in [9.17, 15) is 4.79 Å². The summed E-state index contributed by atoms with van der Waals surface area (Å²) < 4.78 is 6.76. The minimum absolute atomic E-state index is 0.274. The van der Waals surface area contributed by atoms with Crippen molar-refractivity contribution in [2.24, 2.45) is 5.11 Å². The molecule has 0 unspecified atom stereocenters. The molecule has 114 valence electrons. The maximum Gasteiger partial charge on any atom is 0.355 e. The van der Waals surface area contributed by atoms with E-state index in [1.165, 1.54) is 7.11 Å². The van der Waals surface area contributed by atoms with Gasteiger partial charge in [-0.2, -0.15) is 0 Å². The number of carbonyl (C=O) groups excluding carboxylic acids is 1. The number of benzene rings is 2. The zero-order valence-corrected chi connectivity index (χ0v) is 12.5. The van der Waals surface area contributed by atoms with Crippen LogP contribution in [-0.4, -0.2) is 17.6 Å². The van der Waals surface area contributed by atoms with Gasteiger partial charge in [0.05, 0.1) is 19.2 Å². The van der Waals surface area contributed by atoms with Crippen molar-refractivity contribution in [3.8, 4) is 5.69 Å². The standard InChI is InChI=1S/C17H14N4O2/c1-23-17(22)16-10-13-9-12(11-19-20-18)7-8-15(13)21(16)14-5-3-2-4-6-14/h2-10H,11H2,1H3. The molecule has 0 bridgehead atoms. The number of ether oxygens (including phenoxy) is 1. The summed E-state index contributed by atoms with van der Waals surface area (Å²) in [5.74, 6) is -0.401. The highest BCUT2D eigenvalue weighted by atomic mass is 16.5. The molecule has 2 aromatic carbocycles. The van der Waals surface area contributed by atoms with Crippen LogP contribution in [0.25, 0.3) is 27.0 Å². The molecule has 0 fully saturated rings. The average Bonchev–Trinajstić information content (AvgIpc) is 2.98. The van der Waals surface area contributed by atoms with Gasteiger partial charge in [-0.25, -0.2) is 4.79 Å². The van der Waals surface area contributed by atoms with Crippen molar-refractivity contribution in [1.29, 1.82) is 0 Å². The number of rotatable bonds is 4. The van der Waals surface area contributed by atoms with Gasteiger partial charge >= 0.3 is 5.97 Å². The second-order valence-corrected chi connectivity index (χ2v) is 4.97. The molecule has 0 radical (unpaired) electrons. The Hall–Kier alpha value is -3.24. The second kappa shape index (κ2) is 6.25. The minimum atomic E-state index is -0.401. The fourth-order valence-corrected chi connectivity index (χ4v) is 2.59. The Morgan fingerprint density at radius 2 is 2.00 bits per heavy atom. The number of methoxy groups -OCH3 is 1. The van der Waals surface area contributed by atoms with Crippen LogP contribution in [-0.2, 0) is 11.3 Å². The van der Waals surface area contributed by atoms with Crippen molar-refractivity contribution in [3.63, 3.8) is 0 Å². The van der Waals surface area contributed by atoms with Crippen LogP contribution in [0.5, 0.6) is 0 Å². The Bertz CT molecular complexity index is 909. The van der Waals surface area contributed by atoms with E-state index in [2.05, 4.69) is 10.0 Å². The lowest BCUT2D eigenvalue weighted by atomic mass is 10.1. The molecule has 1 heterocycles. The number of hydrogen-bond acceptors (Lipinski definition) is 3. The summed E-state index contributed by atoms with van der Waals surface area (Å²) in [6.07, 6.45) is 0. The van der Waals surface area contributed by atoms with E-state index in [0.717, 1.165) is 22.2 Å². The number of esters is 1. The van der Waals surface area contributed by atoms with Gasteiger partial charge in [-0.15, -0.1) is 0 Å². The molecule has 6 nitrogen and oxygen atoms in total. The molecule has 0 atom stereocenters. The van der Waals surface area contributed by atoms with E-state index in [1.54, 1.807) is 6.07 Å². The van der Waals surface area contributed by atoms with Crippen molar-refractivity contribution in [1.82, 2.24) is 4.57 Å². The van der Waals surface area contributed by atoms with E-state index in [1.807, 2.05) is 53.1 Å². The minimum Gasteiger partial charge on any atom is -0.464 e. The molecule has 1 aromatic heterocycles. The summed E-state index contributed by atoms with van der Waals surface area (Å²) in [4.78, 5) is 14.9. The lowest BCUT2D eigenvalue weighted by Gasteiger charge is -2.09. The summed E-state index contributed by atoms with van der Waals surface area (Å²) in [7, 11) is 1.36. The monoisotopic (exact) mass is 306 g/mol. The summed E-state index contributed by atoms with van der Waals surface area (Å²) in [6.45, 7) is 0.274. The highest BCUT2D eigenvalue weighted by Gasteiger charge is 2.17. The lowest BCUT2D eigenvalue weighted by Crippen LogP contribution is -2.08. The highest BCUT2D eigenvalue weighted by molar-refractivity contribution is 5.97. The van der Waals surface area contributed by atoms with Crippen LogP contribution in [0.3, 0.4) is 0 Å². The van der Waals surface area contributed by atoms with Crippen LogP contribution in [0.4, 0.5) is 0 Å². The fraction of sp³-hybridized carbons (Fsp3) is 0.118. The molecule has 0 saturated heterocycles. The number of azide groups is 1. The van der Waals surface area contributed by atoms with Crippen molar-refractivity contribution in [3.05, 3.63) is 76.3 Å². The van der Waals surface area contributed by atoms with E-state index in [4.69, 9.17) is 10.3 Å². The zero-order chi connectivity index (χ0) is 16.2. The van der Waals surface area contributed by atoms with Gasteiger partial charge in [0, 0.05) is 16.0 Å². The van der Waals surface area contributed by atoms with Crippen LogP contribution in [0.1, 0.15) is 16.1 Å². The predicted molar refractivity (Wildman–Crippen MR) is 87.5 cm³/mol. The first-order valence-corrected chi connectivity index (χ1v) is 7.03. The molecule has 3 aromatic rings. The van der Waals surface area contributed by atoms with Crippen LogP contribution in [0.2, 0.25) is 0 Å². The summed E-state index contributed by atoms with van der Waals surface area (Å²) in [5, 5.41) is 4.46. The molecule has 0 spiro atoms. The molecule has 0 amide bonds. The number of aromatic nitrogens is 1. The van der Waals surface area contributed by atoms with Crippen LogP contribution < -0.4 is 0 Å². The molecule has 0 saturated carbocycles. The van der Waals surface area contributed by atoms with E-state index in [0.29, 0.717) is 5.69 Å². The topological polar surface area (TPSA) is 80.0 Å². The fourth-order valence-electron chi connectivity index (χ4n) is 2.59. The third-order valence-corrected chi connectivity index (χ3v) is 3.59. The maximum atomic E-state index is 12.1. The first-order chi connectivity index (χ1) is 11.2. The Labute approximate surface area is 132 Å². The number of fused-ring (bicyclic) bond motifs is 1. The van der Waals surface area contributed by atoms with Gasteiger partial charge in [0.2, 0.25) is 0 Å². The number of hydrogen-bond donors (Lipinski definition) is 0. The van der Waals surface area contributed by atoms with Gasteiger partial charge in [0.25, 0.3) is 0 Å². The highest BCUT2D eigenvalue weighted by Crippen LogP contribution is 2.26. The van der Waals surface area contributed by atoms with Gasteiger partial charge in [0.1, 0.15) is 5.69 Å². The van der Waals surface area contributed by atoms with E-state index < -0.39 is 5.97 Å². The SMILES string of the molecule is COC(=O)c1cc2cc(CN=[N+]=[N-])ccc2n1-c1ccccc1. The normalized spacial score (nSPS) is 10.3. The summed E-state index contributed by atoms with van der Waals surface area (Å²) >= 11 is 0. The Balaban J connectivity index is 2.23. The number of carbonyl (C=O) groups is 1.